The number of aromatic hydroxyl groups is 2. The van der Waals surface area contributed by atoms with Gasteiger partial charge in [-0.1, -0.05) is 0 Å². The molecule has 0 saturated heterocycles. The summed E-state index contributed by atoms with van der Waals surface area (Å²) in [4.78, 5) is 14.2. The Balaban J connectivity index is 1.73. The van der Waals surface area contributed by atoms with Crippen LogP contribution in [-0.2, 0) is 12.8 Å². The molecule has 5 nitrogen and oxygen atoms in total. The number of phenols is 2. The molecule has 0 fully saturated rings. The SMILES string of the molecule is CC(=NNC(=O)c1cc2c(s1)CCCC2)c1cc(O)cc(O)c1. The molecule has 0 bridgehead atoms. The highest BCUT2D eigenvalue weighted by molar-refractivity contribution is 7.14. The minimum Gasteiger partial charge on any atom is -0.508 e. The van der Waals surface area contributed by atoms with Gasteiger partial charge in [0.05, 0.1) is 10.6 Å². The van der Waals surface area contributed by atoms with E-state index in [2.05, 4.69) is 10.5 Å². The van der Waals surface area contributed by atoms with E-state index in [-0.39, 0.29) is 17.4 Å². The number of phenolic OH excluding ortho intramolecular Hbond substituents is 2. The first kappa shape index (κ1) is 15.6. The van der Waals surface area contributed by atoms with E-state index in [0.29, 0.717) is 16.2 Å². The van der Waals surface area contributed by atoms with Crippen LogP contribution in [-0.4, -0.2) is 21.8 Å². The van der Waals surface area contributed by atoms with Gasteiger partial charge in [0.25, 0.3) is 5.91 Å². The topological polar surface area (TPSA) is 81.9 Å². The largest absolute Gasteiger partial charge is 0.508 e. The van der Waals surface area contributed by atoms with Crippen molar-refractivity contribution < 1.29 is 15.0 Å². The Morgan fingerprint density at radius 3 is 2.52 bits per heavy atom. The van der Waals surface area contributed by atoms with E-state index < -0.39 is 0 Å². The summed E-state index contributed by atoms with van der Waals surface area (Å²) < 4.78 is 0. The quantitative estimate of drug-likeness (QED) is 0.597. The molecule has 0 spiro atoms. The molecule has 0 radical (unpaired) electrons. The van der Waals surface area contributed by atoms with E-state index in [0.717, 1.165) is 12.8 Å². The maximum absolute atomic E-state index is 12.2. The Morgan fingerprint density at radius 1 is 1.13 bits per heavy atom. The van der Waals surface area contributed by atoms with Crippen LogP contribution in [0.15, 0.2) is 29.4 Å². The van der Waals surface area contributed by atoms with Crippen LogP contribution >= 0.6 is 11.3 Å². The number of aryl methyl sites for hydroxylation is 2. The molecule has 0 unspecified atom stereocenters. The number of hydrazone groups is 1. The van der Waals surface area contributed by atoms with Crippen LogP contribution in [0.1, 0.15) is 45.4 Å². The molecule has 1 aromatic carbocycles. The van der Waals surface area contributed by atoms with E-state index >= 15 is 0 Å². The smallest absolute Gasteiger partial charge is 0.281 e. The molecule has 0 saturated carbocycles. The minimum atomic E-state index is -0.229. The molecule has 3 rings (SSSR count). The molecule has 2 aromatic rings. The second-order valence-corrected chi connectivity index (χ2v) is 6.78. The van der Waals surface area contributed by atoms with Gasteiger partial charge >= 0.3 is 0 Å². The first-order chi connectivity index (χ1) is 11.0. The number of rotatable bonds is 3. The monoisotopic (exact) mass is 330 g/mol. The van der Waals surface area contributed by atoms with Gasteiger partial charge in [0.1, 0.15) is 11.5 Å². The van der Waals surface area contributed by atoms with Crippen molar-refractivity contribution >= 4 is 23.0 Å². The molecule has 1 aromatic heterocycles. The molecular formula is C17H18N2O3S. The zero-order valence-corrected chi connectivity index (χ0v) is 13.6. The van der Waals surface area contributed by atoms with E-state index in [1.54, 1.807) is 6.92 Å². The van der Waals surface area contributed by atoms with Crippen molar-refractivity contribution in [1.29, 1.82) is 0 Å². The molecule has 1 heterocycles. The predicted octanol–water partition coefficient (Wildman–Crippen LogP) is 3.19. The maximum Gasteiger partial charge on any atom is 0.281 e. The highest BCUT2D eigenvalue weighted by atomic mass is 32.1. The Hall–Kier alpha value is -2.34. The average Bonchev–Trinajstić information content (AvgIpc) is 2.95. The molecule has 3 N–H and O–H groups in total. The van der Waals surface area contributed by atoms with Crippen molar-refractivity contribution in [3.63, 3.8) is 0 Å². The number of hydrogen-bond acceptors (Lipinski definition) is 5. The van der Waals surface area contributed by atoms with Gasteiger partial charge < -0.3 is 10.2 Å². The summed E-state index contributed by atoms with van der Waals surface area (Å²) in [5.74, 6) is -0.327. The first-order valence-electron chi connectivity index (χ1n) is 7.52. The molecule has 23 heavy (non-hydrogen) atoms. The van der Waals surface area contributed by atoms with Crippen LogP contribution in [0.3, 0.4) is 0 Å². The van der Waals surface area contributed by atoms with Crippen molar-refractivity contribution in [3.05, 3.63) is 45.1 Å². The Morgan fingerprint density at radius 2 is 1.83 bits per heavy atom. The second-order valence-electron chi connectivity index (χ2n) is 5.64. The van der Waals surface area contributed by atoms with Crippen molar-refractivity contribution in [2.45, 2.75) is 32.6 Å². The Bertz CT molecular complexity index is 736. The molecule has 1 aliphatic rings. The molecule has 120 valence electrons. The number of hydrogen-bond donors (Lipinski definition) is 3. The van der Waals surface area contributed by atoms with Gasteiger partial charge in [-0.05, 0) is 56.4 Å². The van der Waals surface area contributed by atoms with Crippen LogP contribution < -0.4 is 5.43 Å². The lowest BCUT2D eigenvalue weighted by atomic mass is 9.99. The maximum atomic E-state index is 12.2. The van der Waals surface area contributed by atoms with Crippen molar-refractivity contribution in [1.82, 2.24) is 5.43 Å². The van der Waals surface area contributed by atoms with Crippen LogP contribution in [0.5, 0.6) is 11.5 Å². The normalized spacial score (nSPS) is 14.4. The molecule has 0 atom stereocenters. The van der Waals surface area contributed by atoms with E-state index in [4.69, 9.17) is 0 Å². The number of fused-ring (bicyclic) bond motifs is 1. The van der Waals surface area contributed by atoms with Crippen molar-refractivity contribution in [2.75, 3.05) is 0 Å². The molecule has 1 aliphatic carbocycles. The molecule has 0 aliphatic heterocycles. The fraction of sp³-hybridized carbons (Fsp3) is 0.294. The number of nitrogens with zero attached hydrogens (tertiary/aromatic N) is 1. The number of carbonyl (C=O) groups excluding carboxylic acids is 1. The Kier molecular flexibility index (Phi) is 4.34. The van der Waals surface area contributed by atoms with Gasteiger partial charge in [-0.15, -0.1) is 11.3 Å². The second kappa shape index (κ2) is 6.42. The number of nitrogens with one attached hydrogen (secondary N) is 1. The van der Waals surface area contributed by atoms with E-state index in [1.807, 2.05) is 6.07 Å². The lowest BCUT2D eigenvalue weighted by molar-refractivity contribution is 0.0959. The number of carbonyl (C=O) groups is 1. The molecule has 6 heteroatoms. The fourth-order valence-electron chi connectivity index (χ4n) is 2.66. The third-order valence-electron chi connectivity index (χ3n) is 3.87. The number of thiophene rings is 1. The zero-order chi connectivity index (χ0) is 16.4. The third-order valence-corrected chi connectivity index (χ3v) is 5.10. The fourth-order valence-corrected chi connectivity index (χ4v) is 3.80. The highest BCUT2D eigenvalue weighted by Gasteiger charge is 2.17. The highest BCUT2D eigenvalue weighted by Crippen LogP contribution is 2.29. The summed E-state index contributed by atoms with van der Waals surface area (Å²) in [6.07, 6.45) is 4.47. The third kappa shape index (κ3) is 3.53. The van der Waals surface area contributed by atoms with Gasteiger partial charge in [0.15, 0.2) is 0 Å². The van der Waals surface area contributed by atoms with E-state index in [1.165, 1.54) is 52.8 Å². The summed E-state index contributed by atoms with van der Waals surface area (Å²) in [5.41, 5.74) is 4.88. The minimum absolute atomic E-state index is 0.0493. The number of benzene rings is 1. The summed E-state index contributed by atoms with van der Waals surface area (Å²) in [6, 6.07) is 6.16. The van der Waals surface area contributed by atoms with E-state index in [9.17, 15) is 15.0 Å². The van der Waals surface area contributed by atoms with Gasteiger partial charge in [0, 0.05) is 16.5 Å². The summed E-state index contributed by atoms with van der Waals surface area (Å²) in [7, 11) is 0. The standard InChI is InChI=1S/C17H18N2O3S/c1-10(12-6-13(20)9-14(21)7-12)18-19-17(22)16-8-11-4-2-3-5-15(11)23-16/h6-9,20-21H,2-5H2,1H3,(H,19,22). The first-order valence-corrected chi connectivity index (χ1v) is 8.34. The lowest BCUT2D eigenvalue weighted by Gasteiger charge is -2.08. The lowest BCUT2D eigenvalue weighted by Crippen LogP contribution is -2.18. The van der Waals surface area contributed by atoms with Crippen molar-refractivity contribution in [2.24, 2.45) is 5.10 Å². The summed E-state index contributed by atoms with van der Waals surface area (Å²) >= 11 is 1.53. The van der Waals surface area contributed by atoms with Gasteiger partial charge in [-0.2, -0.15) is 5.10 Å². The Labute approximate surface area is 138 Å². The predicted molar refractivity (Wildman–Crippen MR) is 90.4 cm³/mol. The van der Waals surface area contributed by atoms with Crippen LogP contribution in [0.4, 0.5) is 0 Å². The summed E-state index contributed by atoms with van der Waals surface area (Å²) in [6.45, 7) is 1.70. The number of amides is 1. The van der Waals surface area contributed by atoms with Crippen molar-refractivity contribution in [3.8, 4) is 11.5 Å². The van der Waals surface area contributed by atoms with Gasteiger partial charge in [0.2, 0.25) is 0 Å². The molecular weight excluding hydrogens is 312 g/mol. The van der Waals surface area contributed by atoms with Gasteiger partial charge in [-0.3, -0.25) is 4.79 Å². The zero-order valence-electron chi connectivity index (χ0n) is 12.8. The average molecular weight is 330 g/mol. The summed E-state index contributed by atoms with van der Waals surface area (Å²) in [5, 5.41) is 23.0. The van der Waals surface area contributed by atoms with Gasteiger partial charge in [-0.25, -0.2) is 5.43 Å². The molecule has 1 amide bonds. The van der Waals surface area contributed by atoms with Crippen LogP contribution in [0.25, 0.3) is 0 Å². The van der Waals surface area contributed by atoms with Crippen LogP contribution in [0.2, 0.25) is 0 Å². The van der Waals surface area contributed by atoms with Crippen LogP contribution in [0, 0.1) is 0 Å².